The normalized spacial score (nSPS) is 23.6. The molecule has 0 spiro atoms. The summed E-state index contributed by atoms with van der Waals surface area (Å²) in [7, 11) is 0. The van der Waals surface area contributed by atoms with E-state index in [1.54, 1.807) is 23.2 Å². The van der Waals surface area contributed by atoms with Crippen LogP contribution >= 0.6 is 11.6 Å². The number of carbonyl (C=O) groups excluding carboxylic acids is 2. The Balaban J connectivity index is 1.40. The number of benzene rings is 1. The monoisotopic (exact) mass is 460 g/mol. The summed E-state index contributed by atoms with van der Waals surface area (Å²) < 4.78 is 24.8. The van der Waals surface area contributed by atoms with Crippen molar-refractivity contribution in [2.45, 2.75) is 31.8 Å². The predicted molar refractivity (Wildman–Crippen MR) is 117 cm³/mol. The van der Waals surface area contributed by atoms with Crippen LogP contribution in [-0.4, -0.2) is 54.0 Å². The van der Waals surface area contributed by atoms with Gasteiger partial charge in [-0.2, -0.15) is 0 Å². The van der Waals surface area contributed by atoms with Gasteiger partial charge in [-0.3, -0.25) is 9.59 Å². The molecule has 1 amide bonds. The summed E-state index contributed by atoms with van der Waals surface area (Å²) >= 11 is 6.03. The fourth-order valence-electron chi connectivity index (χ4n) is 4.49. The van der Waals surface area contributed by atoms with E-state index in [4.69, 9.17) is 21.1 Å². The first-order valence-electron chi connectivity index (χ1n) is 11.0. The maximum absolute atomic E-state index is 13.4. The largest absolute Gasteiger partial charge is 0.488 e. The Bertz CT molecular complexity index is 955. The Hall–Kier alpha value is -2.51. The third-order valence-electron chi connectivity index (χ3n) is 6.15. The van der Waals surface area contributed by atoms with Crippen molar-refractivity contribution in [3.63, 3.8) is 0 Å². The van der Waals surface area contributed by atoms with Crippen LogP contribution in [0, 0.1) is 17.7 Å². The molecule has 2 heterocycles. The summed E-state index contributed by atoms with van der Waals surface area (Å²) in [5, 5.41) is 0.278. The maximum atomic E-state index is 13.4. The predicted octanol–water partition coefficient (Wildman–Crippen LogP) is 4.17. The van der Waals surface area contributed by atoms with Gasteiger partial charge in [-0.1, -0.05) is 24.4 Å². The molecule has 32 heavy (non-hydrogen) atoms. The lowest BCUT2D eigenvalue weighted by Gasteiger charge is -2.38. The van der Waals surface area contributed by atoms with Gasteiger partial charge in [0.05, 0.1) is 13.2 Å². The second-order valence-corrected chi connectivity index (χ2v) is 8.61. The van der Waals surface area contributed by atoms with E-state index in [9.17, 15) is 14.0 Å². The lowest BCUT2D eigenvalue weighted by Crippen LogP contribution is -2.51. The van der Waals surface area contributed by atoms with Crippen LogP contribution in [0.3, 0.4) is 0 Å². The zero-order chi connectivity index (χ0) is 22.5. The van der Waals surface area contributed by atoms with Gasteiger partial charge in [0, 0.05) is 30.1 Å². The molecule has 6 nitrogen and oxygen atoms in total. The van der Waals surface area contributed by atoms with Crippen LogP contribution < -0.4 is 4.74 Å². The van der Waals surface area contributed by atoms with Gasteiger partial charge in [-0.05, 0) is 49.2 Å². The number of amides is 1. The molecule has 3 atom stereocenters. The van der Waals surface area contributed by atoms with Crippen LogP contribution in [0.15, 0.2) is 42.6 Å². The number of ether oxygens (including phenoxy) is 2. The number of aromatic nitrogens is 1. The summed E-state index contributed by atoms with van der Waals surface area (Å²) in [5.74, 6) is -0.757. The number of halogens is 2. The molecule has 1 saturated carbocycles. The van der Waals surface area contributed by atoms with E-state index < -0.39 is 0 Å². The molecule has 2 fully saturated rings. The molecule has 1 saturated heterocycles. The van der Waals surface area contributed by atoms with E-state index in [1.807, 2.05) is 0 Å². The zero-order valence-electron chi connectivity index (χ0n) is 17.7. The lowest BCUT2D eigenvalue weighted by molar-refractivity contribution is -0.146. The van der Waals surface area contributed by atoms with E-state index in [-0.39, 0.29) is 47.2 Å². The van der Waals surface area contributed by atoms with E-state index in [0.717, 1.165) is 12.8 Å². The third kappa shape index (κ3) is 5.27. The molecule has 1 aliphatic heterocycles. The minimum atomic E-state index is -0.382. The van der Waals surface area contributed by atoms with Crippen LogP contribution in [0.4, 0.5) is 4.39 Å². The van der Waals surface area contributed by atoms with Crippen molar-refractivity contribution >= 4 is 23.3 Å². The van der Waals surface area contributed by atoms with Crippen LogP contribution in [0.2, 0.25) is 5.15 Å². The van der Waals surface area contributed by atoms with E-state index in [0.29, 0.717) is 43.9 Å². The van der Waals surface area contributed by atoms with E-state index in [2.05, 4.69) is 4.98 Å². The van der Waals surface area contributed by atoms with Gasteiger partial charge in [-0.25, -0.2) is 9.37 Å². The Morgan fingerprint density at radius 1 is 1.16 bits per heavy atom. The van der Waals surface area contributed by atoms with Crippen LogP contribution in [-0.2, 0) is 9.53 Å². The highest BCUT2D eigenvalue weighted by Gasteiger charge is 2.39. The van der Waals surface area contributed by atoms with Gasteiger partial charge >= 0.3 is 0 Å². The lowest BCUT2D eigenvalue weighted by atomic mass is 9.74. The molecule has 2 aromatic rings. The molecule has 1 aliphatic carbocycles. The second-order valence-electron chi connectivity index (χ2n) is 8.25. The molecule has 3 unspecified atom stereocenters. The third-order valence-corrected chi connectivity index (χ3v) is 6.43. The van der Waals surface area contributed by atoms with Crippen molar-refractivity contribution in [2.24, 2.45) is 11.8 Å². The minimum absolute atomic E-state index is 0.0159. The maximum Gasteiger partial charge on any atom is 0.226 e. The molecular weight excluding hydrogens is 435 g/mol. The molecular formula is C24H26ClFN2O4. The Labute approximate surface area is 191 Å². The fourth-order valence-corrected chi connectivity index (χ4v) is 4.66. The second kappa shape index (κ2) is 10.4. The van der Waals surface area contributed by atoms with Gasteiger partial charge < -0.3 is 14.4 Å². The van der Waals surface area contributed by atoms with Crippen LogP contribution in [0.1, 0.15) is 36.0 Å². The molecule has 170 valence electrons. The van der Waals surface area contributed by atoms with Crippen molar-refractivity contribution in [1.29, 1.82) is 0 Å². The van der Waals surface area contributed by atoms with Gasteiger partial charge in [0.2, 0.25) is 5.91 Å². The highest BCUT2D eigenvalue weighted by molar-refractivity contribution is 6.30. The SMILES string of the molecule is O=C(c1ccc(F)cc1)C1CCCCC1C(=O)N1CCOC(COc2cccnc2Cl)C1. The minimum Gasteiger partial charge on any atom is -0.488 e. The van der Waals surface area contributed by atoms with E-state index >= 15 is 0 Å². The fraction of sp³-hybridized carbons (Fsp3) is 0.458. The molecule has 4 rings (SSSR count). The Morgan fingerprint density at radius 3 is 2.66 bits per heavy atom. The van der Waals surface area contributed by atoms with Crippen molar-refractivity contribution in [3.8, 4) is 5.75 Å². The standard InChI is InChI=1S/C24H26ClFN2O4/c25-23-21(6-3-11-27-23)32-15-18-14-28(12-13-31-18)24(30)20-5-2-1-4-19(20)22(29)16-7-9-17(26)10-8-16/h3,6-11,18-20H,1-2,4-5,12-15H2. The van der Waals surface area contributed by atoms with Crippen LogP contribution in [0.25, 0.3) is 0 Å². The number of ketones is 1. The van der Waals surface area contributed by atoms with Crippen LogP contribution in [0.5, 0.6) is 5.75 Å². The number of pyridine rings is 1. The summed E-state index contributed by atoms with van der Waals surface area (Å²) in [5.41, 5.74) is 0.456. The number of hydrogen-bond donors (Lipinski definition) is 0. The molecule has 8 heteroatoms. The highest BCUT2D eigenvalue weighted by Crippen LogP contribution is 2.34. The van der Waals surface area contributed by atoms with Gasteiger partial charge in [0.15, 0.2) is 16.7 Å². The Morgan fingerprint density at radius 2 is 1.91 bits per heavy atom. The summed E-state index contributed by atoms with van der Waals surface area (Å²) in [6.45, 7) is 1.53. The average molecular weight is 461 g/mol. The summed E-state index contributed by atoms with van der Waals surface area (Å²) in [6, 6.07) is 9.04. The number of nitrogens with zero attached hydrogens (tertiary/aromatic N) is 2. The first kappa shape index (κ1) is 22.7. The molecule has 1 aromatic heterocycles. The molecule has 1 aromatic carbocycles. The van der Waals surface area contributed by atoms with Crippen molar-refractivity contribution < 1.29 is 23.5 Å². The topological polar surface area (TPSA) is 68.7 Å². The molecule has 0 bridgehead atoms. The molecule has 2 aliphatic rings. The Kier molecular flexibility index (Phi) is 7.37. The van der Waals surface area contributed by atoms with Crippen molar-refractivity contribution in [1.82, 2.24) is 9.88 Å². The van der Waals surface area contributed by atoms with Crippen molar-refractivity contribution in [2.75, 3.05) is 26.3 Å². The number of hydrogen-bond acceptors (Lipinski definition) is 5. The van der Waals surface area contributed by atoms with Gasteiger partial charge in [0.25, 0.3) is 0 Å². The van der Waals surface area contributed by atoms with Gasteiger partial charge in [0.1, 0.15) is 18.5 Å². The van der Waals surface area contributed by atoms with E-state index in [1.165, 1.54) is 24.3 Å². The first-order valence-corrected chi connectivity index (χ1v) is 11.3. The summed E-state index contributed by atoms with van der Waals surface area (Å²) in [4.78, 5) is 32.3. The molecule has 0 N–H and O–H groups in total. The first-order chi connectivity index (χ1) is 15.5. The van der Waals surface area contributed by atoms with Crippen molar-refractivity contribution in [3.05, 3.63) is 59.1 Å². The number of carbonyl (C=O) groups is 2. The quantitative estimate of drug-likeness (QED) is 0.478. The van der Waals surface area contributed by atoms with Gasteiger partial charge in [-0.15, -0.1) is 0 Å². The number of Topliss-reactive ketones (excluding diaryl/α,β-unsaturated/α-hetero) is 1. The number of morpholine rings is 1. The smallest absolute Gasteiger partial charge is 0.226 e. The number of rotatable bonds is 6. The zero-order valence-corrected chi connectivity index (χ0v) is 18.5. The highest BCUT2D eigenvalue weighted by atomic mass is 35.5. The summed E-state index contributed by atoms with van der Waals surface area (Å²) in [6.07, 6.45) is 4.47. The average Bonchev–Trinajstić information content (AvgIpc) is 2.83. The molecule has 0 radical (unpaired) electrons.